The van der Waals surface area contributed by atoms with Gasteiger partial charge in [-0.3, -0.25) is 0 Å². The summed E-state index contributed by atoms with van der Waals surface area (Å²) >= 11 is 0. The Hall–Kier alpha value is -1.69. The van der Waals surface area contributed by atoms with E-state index in [-0.39, 0.29) is 17.7 Å². The van der Waals surface area contributed by atoms with Gasteiger partial charge >= 0.3 is 6.09 Å². The predicted molar refractivity (Wildman–Crippen MR) is 61.7 cm³/mol. The molecule has 2 fully saturated rings. The zero-order chi connectivity index (χ0) is 13.6. The maximum Gasteiger partial charge on any atom is 0.407 e. The molecule has 3 rings (SSSR count). The number of likely N-dealkylation sites (tertiary alicyclic amines) is 1. The van der Waals surface area contributed by atoms with Crippen LogP contribution < -0.4 is 0 Å². The Morgan fingerprint density at radius 2 is 2.21 bits per heavy atom. The van der Waals surface area contributed by atoms with Gasteiger partial charge in [0.25, 0.3) is 0 Å². The van der Waals surface area contributed by atoms with Crippen molar-refractivity contribution in [3.8, 4) is 0 Å². The summed E-state index contributed by atoms with van der Waals surface area (Å²) in [7, 11) is 0. The number of ether oxygens (including phenoxy) is 1. The Morgan fingerprint density at radius 3 is 2.95 bits per heavy atom. The molecular formula is C13H13F2NO3. The van der Waals surface area contributed by atoms with Gasteiger partial charge in [0, 0.05) is 12.1 Å². The highest BCUT2D eigenvalue weighted by Crippen LogP contribution is 2.45. The standard InChI is InChI=1S/C13H13F2NO3/c14-8-4-1-3-7(10(8)15)11-12(19-11)9-5-2-6-16(9)13(17)18/h1,3-4,9,11-12H,2,5-6H2,(H,17,18)/t9?,11-,12-/m1/s1. The molecule has 1 N–H and O–H groups in total. The Bertz CT molecular complexity index is 523. The second-order valence-electron chi connectivity index (χ2n) is 4.85. The van der Waals surface area contributed by atoms with Gasteiger partial charge in [0.2, 0.25) is 0 Å². The number of nitrogens with zero attached hydrogens (tertiary/aromatic N) is 1. The van der Waals surface area contributed by atoms with Crippen molar-refractivity contribution in [2.75, 3.05) is 6.54 Å². The molecule has 1 unspecified atom stereocenters. The van der Waals surface area contributed by atoms with Crippen LogP contribution in [-0.4, -0.2) is 34.8 Å². The van der Waals surface area contributed by atoms with Crippen LogP contribution in [0, 0.1) is 11.6 Å². The number of carboxylic acid groups (broad SMARTS) is 1. The van der Waals surface area contributed by atoms with Crippen LogP contribution in [0.5, 0.6) is 0 Å². The molecule has 2 aliphatic heterocycles. The van der Waals surface area contributed by atoms with E-state index in [1.807, 2.05) is 0 Å². The lowest BCUT2D eigenvalue weighted by Gasteiger charge is -2.19. The van der Waals surface area contributed by atoms with Gasteiger partial charge in [0.15, 0.2) is 11.6 Å². The number of hydrogen-bond donors (Lipinski definition) is 1. The molecular weight excluding hydrogens is 256 g/mol. The van der Waals surface area contributed by atoms with Crippen molar-refractivity contribution in [2.45, 2.75) is 31.1 Å². The summed E-state index contributed by atoms with van der Waals surface area (Å²) in [5.41, 5.74) is 0.169. The van der Waals surface area contributed by atoms with Crippen LogP contribution in [0.1, 0.15) is 24.5 Å². The molecule has 1 amide bonds. The molecule has 1 aromatic rings. The van der Waals surface area contributed by atoms with E-state index >= 15 is 0 Å². The maximum absolute atomic E-state index is 13.6. The van der Waals surface area contributed by atoms with Gasteiger partial charge in [-0.05, 0) is 18.9 Å². The number of rotatable bonds is 2. The molecule has 3 atom stereocenters. The van der Waals surface area contributed by atoms with Crippen molar-refractivity contribution in [3.63, 3.8) is 0 Å². The summed E-state index contributed by atoms with van der Waals surface area (Å²) in [4.78, 5) is 12.4. The number of carbonyl (C=O) groups is 1. The second-order valence-corrected chi connectivity index (χ2v) is 4.85. The average Bonchev–Trinajstić information content (AvgIpc) is 2.99. The summed E-state index contributed by atoms with van der Waals surface area (Å²) < 4.78 is 32.2. The van der Waals surface area contributed by atoms with E-state index in [9.17, 15) is 13.6 Å². The maximum atomic E-state index is 13.6. The lowest BCUT2D eigenvalue weighted by atomic mass is 10.0. The van der Waals surface area contributed by atoms with Gasteiger partial charge in [-0.15, -0.1) is 0 Å². The fourth-order valence-electron chi connectivity index (χ4n) is 2.78. The average molecular weight is 269 g/mol. The minimum Gasteiger partial charge on any atom is -0.465 e. The predicted octanol–water partition coefficient (Wildman–Crippen LogP) is 2.55. The summed E-state index contributed by atoms with van der Waals surface area (Å²) in [6.07, 6.45) is -0.424. The van der Waals surface area contributed by atoms with Crippen molar-refractivity contribution < 1.29 is 23.4 Å². The van der Waals surface area contributed by atoms with E-state index in [0.717, 1.165) is 12.5 Å². The van der Waals surface area contributed by atoms with E-state index in [1.165, 1.54) is 17.0 Å². The minimum absolute atomic E-state index is 0.169. The Morgan fingerprint density at radius 1 is 1.42 bits per heavy atom. The Kier molecular flexibility index (Phi) is 2.89. The summed E-state index contributed by atoms with van der Waals surface area (Å²) in [6.45, 7) is 0.470. The molecule has 4 nitrogen and oxygen atoms in total. The van der Waals surface area contributed by atoms with Crippen LogP contribution in [-0.2, 0) is 4.74 Å². The summed E-state index contributed by atoms with van der Waals surface area (Å²) in [6, 6.07) is 3.69. The van der Waals surface area contributed by atoms with Gasteiger partial charge < -0.3 is 14.7 Å². The molecule has 0 saturated carbocycles. The molecule has 0 aromatic heterocycles. The first-order valence-electron chi connectivity index (χ1n) is 6.18. The molecule has 6 heteroatoms. The van der Waals surface area contributed by atoms with E-state index in [2.05, 4.69) is 0 Å². The first-order chi connectivity index (χ1) is 9.09. The summed E-state index contributed by atoms with van der Waals surface area (Å²) in [5, 5.41) is 9.05. The Labute approximate surface area is 108 Å². The molecule has 2 aliphatic rings. The zero-order valence-electron chi connectivity index (χ0n) is 10.1. The number of epoxide rings is 1. The van der Waals surface area contributed by atoms with Crippen molar-refractivity contribution in [1.29, 1.82) is 0 Å². The highest BCUT2D eigenvalue weighted by molar-refractivity contribution is 5.66. The fraction of sp³-hybridized carbons (Fsp3) is 0.462. The van der Waals surface area contributed by atoms with Gasteiger partial charge in [-0.2, -0.15) is 0 Å². The van der Waals surface area contributed by atoms with Gasteiger partial charge in [0.1, 0.15) is 12.2 Å². The number of benzene rings is 1. The highest BCUT2D eigenvalue weighted by Gasteiger charge is 2.51. The minimum atomic E-state index is -0.989. The lowest BCUT2D eigenvalue weighted by Crippen LogP contribution is -2.37. The van der Waals surface area contributed by atoms with Crippen molar-refractivity contribution in [3.05, 3.63) is 35.4 Å². The molecule has 2 saturated heterocycles. The second kappa shape index (κ2) is 4.45. The molecule has 1 aromatic carbocycles. The topological polar surface area (TPSA) is 53.1 Å². The van der Waals surface area contributed by atoms with Crippen LogP contribution in [0.4, 0.5) is 13.6 Å². The molecule has 0 radical (unpaired) electrons. The van der Waals surface area contributed by atoms with Crippen LogP contribution in [0.2, 0.25) is 0 Å². The van der Waals surface area contributed by atoms with Gasteiger partial charge in [-0.1, -0.05) is 12.1 Å². The molecule has 0 bridgehead atoms. The van der Waals surface area contributed by atoms with Crippen molar-refractivity contribution in [1.82, 2.24) is 4.90 Å². The molecule has 102 valence electrons. The zero-order valence-corrected chi connectivity index (χ0v) is 10.1. The first-order valence-corrected chi connectivity index (χ1v) is 6.18. The Balaban J connectivity index is 1.77. The third-order valence-corrected chi connectivity index (χ3v) is 3.74. The van der Waals surface area contributed by atoms with Crippen LogP contribution in [0.15, 0.2) is 18.2 Å². The third-order valence-electron chi connectivity index (χ3n) is 3.74. The van der Waals surface area contributed by atoms with E-state index < -0.39 is 23.8 Å². The van der Waals surface area contributed by atoms with Crippen molar-refractivity contribution in [2.24, 2.45) is 0 Å². The largest absolute Gasteiger partial charge is 0.465 e. The molecule has 2 heterocycles. The summed E-state index contributed by atoms with van der Waals surface area (Å²) in [5.74, 6) is -1.82. The normalized spacial score (nSPS) is 29.6. The van der Waals surface area contributed by atoms with Crippen LogP contribution in [0.3, 0.4) is 0 Å². The van der Waals surface area contributed by atoms with Crippen LogP contribution in [0.25, 0.3) is 0 Å². The molecule has 0 spiro atoms. The number of hydrogen-bond acceptors (Lipinski definition) is 2. The smallest absolute Gasteiger partial charge is 0.407 e. The van der Waals surface area contributed by atoms with E-state index in [0.29, 0.717) is 13.0 Å². The number of halogens is 2. The van der Waals surface area contributed by atoms with Gasteiger partial charge in [0.05, 0.1) is 6.04 Å². The molecule has 19 heavy (non-hydrogen) atoms. The fourth-order valence-corrected chi connectivity index (χ4v) is 2.78. The van der Waals surface area contributed by atoms with Crippen LogP contribution >= 0.6 is 0 Å². The lowest BCUT2D eigenvalue weighted by molar-refractivity contribution is 0.132. The van der Waals surface area contributed by atoms with Crippen molar-refractivity contribution >= 4 is 6.09 Å². The van der Waals surface area contributed by atoms with Gasteiger partial charge in [-0.25, -0.2) is 13.6 Å². The third kappa shape index (κ3) is 2.06. The monoisotopic (exact) mass is 269 g/mol. The molecule has 0 aliphatic carbocycles. The van der Waals surface area contributed by atoms with E-state index in [4.69, 9.17) is 9.84 Å². The highest BCUT2D eigenvalue weighted by atomic mass is 19.2. The number of amides is 1. The quantitative estimate of drug-likeness (QED) is 0.839. The van der Waals surface area contributed by atoms with E-state index in [1.54, 1.807) is 0 Å². The SMILES string of the molecule is O=C(O)N1CCCC1[C@H]1O[C@@H]1c1cccc(F)c1F. The first kappa shape index (κ1) is 12.3.